The van der Waals surface area contributed by atoms with Gasteiger partial charge in [0, 0.05) is 17.1 Å². The molecule has 2 heterocycles. The van der Waals surface area contributed by atoms with E-state index in [9.17, 15) is 4.79 Å². The Morgan fingerprint density at radius 1 is 1.32 bits per heavy atom. The number of carbonyl (C=O) groups excluding carboxylic acids is 1. The van der Waals surface area contributed by atoms with E-state index >= 15 is 0 Å². The summed E-state index contributed by atoms with van der Waals surface area (Å²) in [6.07, 6.45) is 2.17. The van der Waals surface area contributed by atoms with Crippen molar-refractivity contribution in [3.8, 4) is 0 Å². The first-order valence-electron chi connectivity index (χ1n) is 7.78. The molecule has 1 aromatic carbocycles. The van der Waals surface area contributed by atoms with Crippen LogP contribution in [0, 0.1) is 13.8 Å². The van der Waals surface area contributed by atoms with E-state index in [1.807, 2.05) is 4.90 Å². The third-order valence-electron chi connectivity index (χ3n) is 4.11. The van der Waals surface area contributed by atoms with Crippen LogP contribution in [0.4, 0.5) is 5.69 Å². The van der Waals surface area contributed by atoms with E-state index in [1.54, 1.807) is 11.3 Å². The van der Waals surface area contributed by atoms with Crippen molar-refractivity contribution in [2.45, 2.75) is 32.7 Å². The average Bonchev–Trinajstić information content (AvgIpc) is 3.13. The molecule has 0 spiro atoms. The van der Waals surface area contributed by atoms with Gasteiger partial charge in [0.15, 0.2) is 0 Å². The predicted octanol–water partition coefficient (Wildman–Crippen LogP) is 4.14. The van der Waals surface area contributed by atoms with Crippen LogP contribution in [0.3, 0.4) is 0 Å². The Kier molecular flexibility index (Phi) is 4.48. The zero-order valence-electron chi connectivity index (χ0n) is 13.1. The number of thiophene rings is 1. The largest absolute Gasteiger partial charge is 0.376 e. The van der Waals surface area contributed by atoms with Crippen LogP contribution in [0.1, 0.15) is 34.9 Å². The molecule has 1 saturated heterocycles. The summed E-state index contributed by atoms with van der Waals surface area (Å²) in [5.41, 5.74) is 3.46. The third kappa shape index (κ3) is 3.33. The summed E-state index contributed by atoms with van der Waals surface area (Å²) in [6.45, 7) is 5.39. The summed E-state index contributed by atoms with van der Waals surface area (Å²) in [5, 5.41) is 5.37. The molecule has 3 rings (SSSR count). The molecule has 1 unspecified atom stereocenters. The van der Waals surface area contributed by atoms with Gasteiger partial charge in [0.1, 0.15) is 0 Å². The number of benzene rings is 1. The fourth-order valence-electron chi connectivity index (χ4n) is 3.20. The van der Waals surface area contributed by atoms with Crippen LogP contribution in [0.15, 0.2) is 35.7 Å². The summed E-state index contributed by atoms with van der Waals surface area (Å²) >= 11 is 1.75. The quantitative estimate of drug-likeness (QED) is 0.920. The lowest BCUT2D eigenvalue weighted by Crippen LogP contribution is -2.34. The van der Waals surface area contributed by atoms with Crippen LogP contribution in [-0.2, 0) is 4.79 Å². The van der Waals surface area contributed by atoms with E-state index in [4.69, 9.17) is 0 Å². The number of aryl methyl sites for hydroxylation is 2. The highest BCUT2D eigenvalue weighted by Crippen LogP contribution is 2.34. The van der Waals surface area contributed by atoms with Gasteiger partial charge in [0.2, 0.25) is 5.91 Å². The highest BCUT2D eigenvalue weighted by molar-refractivity contribution is 7.10. The Balaban J connectivity index is 1.64. The Morgan fingerprint density at radius 2 is 2.09 bits per heavy atom. The fourth-order valence-corrected chi connectivity index (χ4v) is 4.07. The lowest BCUT2D eigenvalue weighted by Gasteiger charge is -2.24. The van der Waals surface area contributed by atoms with Crippen molar-refractivity contribution < 1.29 is 4.79 Å². The average molecular weight is 314 g/mol. The van der Waals surface area contributed by atoms with Crippen molar-refractivity contribution in [1.82, 2.24) is 4.90 Å². The van der Waals surface area contributed by atoms with Gasteiger partial charge in [-0.25, -0.2) is 0 Å². The van der Waals surface area contributed by atoms with Gasteiger partial charge in [0.25, 0.3) is 0 Å². The minimum atomic E-state index is 0.190. The highest BCUT2D eigenvalue weighted by Gasteiger charge is 2.30. The zero-order chi connectivity index (χ0) is 15.5. The molecule has 1 amide bonds. The maximum Gasteiger partial charge on any atom is 0.242 e. The summed E-state index contributed by atoms with van der Waals surface area (Å²) < 4.78 is 0. The summed E-state index contributed by atoms with van der Waals surface area (Å²) in [7, 11) is 0. The maximum absolute atomic E-state index is 12.6. The second kappa shape index (κ2) is 6.53. The summed E-state index contributed by atoms with van der Waals surface area (Å²) in [4.78, 5) is 15.9. The molecule has 22 heavy (non-hydrogen) atoms. The molecule has 1 aromatic heterocycles. The van der Waals surface area contributed by atoms with Gasteiger partial charge in [-0.2, -0.15) is 0 Å². The number of nitrogens with one attached hydrogen (secondary N) is 1. The third-order valence-corrected chi connectivity index (χ3v) is 5.08. The molecule has 3 nitrogen and oxygen atoms in total. The van der Waals surface area contributed by atoms with Crippen LogP contribution in [0.5, 0.6) is 0 Å². The molecule has 4 heteroatoms. The number of anilines is 1. The van der Waals surface area contributed by atoms with E-state index in [-0.39, 0.29) is 11.9 Å². The molecule has 0 bridgehead atoms. The van der Waals surface area contributed by atoms with Crippen molar-refractivity contribution in [3.63, 3.8) is 0 Å². The van der Waals surface area contributed by atoms with Crippen LogP contribution < -0.4 is 5.32 Å². The van der Waals surface area contributed by atoms with Gasteiger partial charge < -0.3 is 10.2 Å². The molecule has 1 aliphatic rings. The van der Waals surface area contributed by atoms with Crippen molar-refractivity contribution in [2.75, 3.05) is 18.4 Å². The minimum absolute atomic E-state index is 0.190. The SMILES string of the molecule is Cc1cc(C)cc(NCC(=O)N2CCCC2c2cccs2)c1. The van der Waals surface area contributed by atoms with Crippen molar-refractivity contribution in [1.29, 1.82) is 0 Å². The number of carbonyl (C=O) groups is 1. The number of nitrogens with zero attached hydrogens (tertiary/aromatic N) is 1. The summed E-state index contributed by atoms with van der Waals surface area (Å²) in [5.74, 6) is 0.190. The smallest absolute Gasteiger partial charge is 0.242 e. The van der Waals surface area contributed by atoms with Crippen LogP contribution in [0.2, 0.25) is 0 Å². The first kappa shape index (κ1) is 15.1. The van der Waals surface area contributed by atoms with Gasteiger partial charge in [-0.05, 0) is 61.4 Å². The molecule has 2 aromatic rings. The molecule has 0 radical (unpaired) electrons. The Bertz CT molecular complexity index is 631. The predicted molar refractivity (Wildman–Crippen MR) is 92.4 cm³/mol. The molecule has 0 aliphatic carbocycles. The normalized spacial score (nSPS) is 17.7. The van der Waals surface area contributed by atoms with E-state index < -0.39 is 0 Å². The lowest BCUT2D eigenvalue weighted by molar-refractivity contribution is -0.130. The van der Waals surface area contributed by atoms with Crippen LogP contribution >= 0.6 is 11.3 Å². The Morgan fingerprint density at radius 3 is 2.77 bits per heavy atom. The first-order valence-corrected chi connectivity index (χ1v) is 8.66. The minimum Gasteiger partial charge on any atom is -0.376 e. The van der Waals surface area contributed by atoms with E-state index in [2.05, 4.69) is 54.9 Å². The first-order chi connectivity index (χ1) is 10.6. The second-order valence-electron chi connectivity index (χ2n) is 5.99. The number of hydrogen-bond donors (Lipinski definition) is 1. The van der Waals surface area contributed by atoms with Crippen LogP contribution in [0.25, 0.3) is 0 Å². The monoisotopic (exact) mass is 314 g/mol. The van der Waals surface area contributed by atoms with E-state index in [0.29, 0.717) is 6.54 Å². The molecule has 116 valence electrons. The van der Waals surface area contributed by atoms with Gasteiger partial charge in [-0.15, -0.1) is 11.3 Å². The molecule has 1 fully saturated rings. The molecule has 1 aliphatic heterocycles. The Hall–Kier alpha value is -1.81. The van der Waals surface area contributed by atoms with Gasteiger partial charge in [0.05, 0.1) is 12.6 Å². The highest BCUT2D eigenvalue weighted by atomic mass is 32.1. The van der Waals surface area contributed by atoms with Crippen molar-refractivity contribution in [2.24, 2.45) is 0 Å². The van der Waals surface area contributed by atoms with Gasteiger partial charge in [-0.1, -0.05) is 12.1 Å². The number of amides is 1. The maximum atomic E-state index is 12.6. The lowest BCUT2D eigenvalue weighted by atomic mass is 10.1. The van der Waals surface area contributed by atoms with E-state index in [1.165, 1.54) is 16.0 Å². The molecule has 1 N–H and O–H groups in total. The van der Waals surface area contributed by atoms with Gasteiger partial charge in [-0.3, -0.25) is 4.79 Å². The van der Waals surface area contributed by atoms with Crippen LogP contribution in [-0.4, -0.2) is 23.9 Å². The van der Waals surface area contributed by atoms with Crippen molar-refractivity contribution in [3.05, 3.63) is 51.7 Å². The second-order valence-corrected chi connectivity index (χ2v) is 6.97. The van der Waals surface area contributed by atoms with Gasteiger partial charge >= 0.3 is 0 Å². The van der Waals surface area contributed by atoms with E-state index in [0.717, 1.165) is 25.1 Å². The summed E-state index contributed by atoms with van der Waals surface area (Å²) in [6, 6.07) is 10.8. The number of rotatable bonds is 4. The Labute approximate surface area is 136 Å². The van der Waals surface area contributed by atoms with Crippen molar-refractivity contribution >= 4 is 22.9 Å². The fraction of sp³-hybridized carbons (Fsp3) is 0.389. The standard InChI is InChI=1S/C18H22N2OS/c1-13-9-14(2)11-15(10-13)19-12-18(21)20-7-3-5-16(20)17-6-4-8-22-17/h4,6,8-11,16,19H,3,5,7,12H2,1-2H3. The molecule has 0 saturated carbocycles. The number of likely N-dealkylation sites (tertiary alicyclic amines) is 1. The molecular formula is C18H22N2OS. The molecular weight excluding hydrogens is 292 g/mol. The topological polar surface area (TPSA) is 32.3 Å². The zero-order valence-corrected chi connectivity index (χ0v) is 14.0. The molecule has 1 atom stereocenters. The number of hydrogen-bond acceptors (Lipinski definition) is 3.